The number of benzene rings is 1. The second-order valence-electron chi connectivity index (χ2n) is 7.10. The van der Waals surface area contributed by atoms with Crippen molar-refractivity contribution >= 4 is 21.9 Å². The van der Waals surface area contributed by atoms with Crippen molar-refractivity contribution in [2.75, 3.05) is 26.2 Å². The number of nitrogens with zero attached hydrogens (tertiary/aromatic N) is 2. The minimum atomic E-state index is -3.54. The number of aliphatic carboxylic acids is 1. The predicted octanol–water partition coefficient (Wildman–Crippen LogP) is 1.33. The molecule has 0 aromatic heterocycles. The van der Waals surface area contributed by atoms with Gasteiger partial charge in [-0.2, -0.15) is 4.31 Å². The minimum absolute atomic E-state index is 0.0406. The summed E-state index contributed by atoms with van der Waals surface area (Å²) in [6.07, 6.45) is 1.43. The number of aryl methyl sites for hydroxylation is 1. The highest BCUT2D eigenvalue weighted by Crippen LogP contribution is 2.27. The maximum Gasteiger partial charge on any atom is 0.308 e. The molecule has 2 saturated heterocycles. The van der Waals surface area contributed by atoms with Gasteiger partial charge in [-0.05, 0) is 38.3 Å². The van der Waals surface area contributed by atoms with Crippen molar-refractivity contribution in [1.29, 1.82) is 0 Å². The average Bonchev–Trinajstić information content (AvgIpc) is 3.12. The molecule has 2 aliphatic heterocycles. The fraction of sp³-hybridized carbons (Fsp3) is 0.556. The Morgan fingerprint density at radius 1 is 1.00 bits per heavy atom. The van der Waals surface area contributed by atoms with Gasteiger partial charge in [0.25, 0.3) is 0 Å². The lowest BCUT2D eigenvalue weighted by Crippen LogP contribution is -2.44. The lowest BCUT2D eigenvalue weighted by molar-refractivity contribution is -0.141. The summed E-state index contributed by atoms with van der Waals surface area (Å²) in [5, 5.41) is 9.06. The number of likely N-dealkylation sites (tertiary alicyclic amines) is 1. The molecule has 1 aromatic rings. The van der Waals surface area contributed by atoms with Crippen molar-refractivity contribution in [2.45, 2.75) is 31.1 Å². The van der Waals surface area contributed by atoms with Crippen molar-refractivity contribution in [1.82, 2.24) is 9.21 Å². The molecule has 8 heteroatoms. The van der Waals surface area contributed by atoms with Gasteiger partial charge in [-0.3, -0.25) is 9.59 Å². The van der Waals surface area contributed by atoms with E-state index in [-0.39, 0.29) is 23.3 Å². The summed E-state index contributed by atoms with van der Waals surface area (Å²) < 4.78 is 26.9. The summed E-state index contributed by atoms with van der Waals surface area (Å²) >= 11 is 0. The summed E-state index contributed by atoms with van der Waals surface area (Å²) in [6, 6.07) is 6.77. The number of carbonyl (C=O) groups excluding carboxylic acids is 1. The molecule has 1 aromatic carbocycles. The van der Waals surface area contributed by atoms with Crippen LogP contribution in [0.5, 0.6) is 0 Å². The Hall–Kier alpha value is -1.93. The summed E-state index contributed by atoms with van der Waals surface area (Å²) in [6.45, 7) is 3.25. The lowest BCUT2D eigenvalue weighted by atomic mass is 9.96. The molecule has 2 aliphatic rings. The smallest absolute Gasteiger partial charge is 0.308 e. The van der Waals surface area contributed by atoms with E-state index < -0.39 is 21.9 Å². The van der Waals surface area contributed by atoms with E-state index in [1.54, 1.807) is 29.2 Å². The number of piperidine rings is 1. The fourth-order valence-corrected chi connectivity index (χ4v) is 5.09. The molecular weight excluding hydrogens is 356 g/mol. The quantitative estimate of drug-likeness (QED) is 0.850. The van der Waals surface area contributed by atoms with Crippen molar-refractivity contribution in [3.63, 3.8) is 0 Å². The van der Waals surface area contributed by atoms with Crippen LogP contribution in [0.4, 0.5) is 0 Å². The summed E-state index contributed by atoms with van der Waals surface area (Å²) in [4.78, 5) is 25.5. The number of hydrogen-bond acceptors (Lipinski definition) is 4. The van der Waals surface area contributed by atoms with E-state index in [2.05, 4.69) is 0 Å². The molecule has 26 heavy (non-hydrogen) atoms. The molecule has 0 saturated carbocycles. The standard InChI is InChI=1S/C18H24N2O5S/c1-13-2-4-16(5-3-13)26(24,25)20-10-7-14(8-11-20)17(21)19-9-6-15(12-19)18(22)23/h2-5,14-15H,6-12H2,1H3,(H,22,23). The van der Waals surface area contributed by atoms with Gasteiger partial charge in [0.05, 0.1) is 10.8 Å². The molecule has 0 aliphatic carbocycles. The molecule has 142 valence electrons. The van der Waals surface area contributed by atoms with Crippen LogP contribution in [0.3, 0.4) is 0 Å². The van der Waals surface area contributed by atoms with E-state index in [0.29, 0.717) is 38.9 Å². The third-order valence-corrected chi connectivity index (χ3v) is 7.22. The van der Waals surface area contributed by atoms with Gasteiger partial charge in [0.1, 0.15) is 0 Å². The predicted molar refractivity (Wildman–Crippen MR) is 95.0 cm³/mol. The van der Waals surface area contributed by atoms with Crippen LogP contribution in [0.15, 0.2) is 29.2 Å². The topological polar surface area (TPSA) is 95.0 Å². The second-order valence-corrected chi connectivity index (χ2v) is 9.04. The van der Waals surface area contributed by atoms with E-state index >= 15 is 0 Å². The van der Waals surface area contributed by atoms with Crippen LogP contribution < -0.4 is 0 Å². The van der Waals surface area contributed by atoms with Gasteiger partial charge >= 0.3 is 5.97 Å². The van der Waals surface area contributed by atoms with E-state index in [1.165, 1.54) is 4.31 Å². The molecule has 0 radical (unpaired) electrons. The largest absolute Gasteiger partial charge is 0.481 e. The Balaban J connectivity index is 1.59. The van der Waals surface area contributed by atoms with Crippen LogP contribution in [0.1, 0.15) is 24.8 Å². The summed E-state index contributed by atoms with van der Waals surface area (Å²) in [5.41, 5.74) is 0.999. The molecule has 1 N–H and O–H groups in total. The molecule has 1 amide bonds. The zero-order chi connectivity index (χ0) is 18.9. The van der Waals surface area contributed by atoms with Crippen molar-refractivity contribution in [3.05, 3.63) is 29.8 Å². The van der Waals surface area contributed by atoms with Crippen LogP contribution in [-0.2, 0) is 19.6 Å². The van der Waals surface area contributed by atoms with Gasteiger partial charge in [0.15, 0.2) is 0 Å². The summed E-state index contributed by atoms with van der Waals surface area (Å²) in [7, 11) is -3.54. The second kappa shape index (κ2) is 7.36. The lowest BCUT2D eigenvalue weighted by Gasteiger charge is -2.32. The zero-order valence-corrected chi connectivity index (χ0v) is 15.6. The SMILES string of the molecule is Cc1ccc(S(=O)(=O)N2CCC(C(=O)N3CCC(C(=O)O)C3)CC2)cc1. The first-order valence-electron chi connectivity index (χ1n) is 8.87. The number of carboxylic acids is 1. The van der Waals surface area contributed by atoms with Crippen LogP contribution in [-0.4, -0.2) is 60.8 Å². The maximum absolute atomic E-state index is 12.7. The monoisotopic (exact) mass is 380 g/mol. The molecule has 1 atom stereocenters. The van der Waals surface area contributed by atoms with Crippen molar-refractivity contribution < 1.29 is 23.1 Å². The average molecular weight is 380 g/mol. The van der Waals surface area contributed by atoms with Gasteiger partial charge in [-0.25, -0.2) is 8.42 Å². The van der Waals surface area contributed by atoms with E-state index in [1.807, 2.05) is 6.92 Å². The van der Waals surface area contributed by atoms with Gasteiger partial charge in [0.2, 0.25) is 15.9 Å². The Labute approximate surface area is 153 Å². The van der Waals surface area contributed by atoms with E-state index in [4.69, 9.17) is 5.11 Å². The van der Waals surface area contributed by atoms with Gasteiger partial charge in [-0.15, -0.1) is 0 Å². The minimum Gasteiger partial charge on any atom is -0.481 e. The van der Waals surface area contributed by atoms with Crippen molar-refractivity contribution in [2.24, 2.45) is 11.8 Å². The third kappa shape index (κ3) is 3.76. The van der Waals surface area contributed by atoms with Crippen LogP contribution in [0, 0.1) is 18.8 Å². The van der Waals surface area contributed by atoms with Crippen LogP contribution in [0.2, 0.25) is 0 Å². The number of carbonyl (C=O) groups is 2. The normalized spacial score (nSPS) is 22.5. The van der Waals surface area contributed by atoms with Gasteiger partial charge < -0.3 is 10.0 Å². The van der Waals surface area contributed by atoms with E-state index in [9.17, 15) is 18.0 Å². The molecule has 7 nitrogen and oxygen atoms in total. The molecular formula is C18H24N2O5S. The van der Waals surface area contributed by atoms with Crippen molar-refractivity contribution in [3.8, 4) is 0 Å². The number of hydrogen-bond donors (Lipinski definition) is 1. The Morgan fingerprint density at radius 3 is 2.12 bits per heavy atom. The molecule has 0 spiro atoms. The van der Waals surface area contributed by atoms with Gasteiger partial charge in [-0.1, -0.05) is 17.7 Å². The Morgan fingerprint density at radius 2 is 1.58 bits per heavy atom. The molecule has 3 rings (SSSR count). The molecule has 2 fully saturated rings. The van der Waals surface area contributed by atoms with Crippen LogP contribution in [0.25, 0.3) is 0 Å². The first-order valence-corrected chi connectivity index (χ1v) is 10.3. The zero-order valence-electron chi connectivity index (χ0n) is 14.8. The number of amides is 1. The molecule has 1 unspecified atom stereocenters. The highest BCUT2D eigenvalue weighted by Gasteiger charge is 2.37. The Bertz CT molecular complexity index is 782. The fourth-order valence-electron chi connectivity index (χ4n) is 3.62. The summed E-state index contributed by atoms with van der Waals surface area (Å²) in [5.74, 6) is -1.62. The first-order chi connectivity index (χ1) is 12.3. The first kappa shape index (κ1) is 18.8. The number of carboxylic acid groups (broad SMARTS) is 1. The highest BCUT2D eigenvalue weighted by molar-refractivity contribution is 7.89. The molecule has 0 bridgehead atoms. The van der Waals surface area contributed by atoms with Gasteiger partial charge in [0, 0.05) is 32.1 Å². The van der Waals surface area contributed by atoms with E-state index in [0.717, 1.165) is 5.56 Å². The highest BCUT2D eigenvalue weighted by atomic mass is 32.2. The maximum atomic E-state index is 12.7. The molecule has 2 heterocycles. The van der Waals surface area contributed by atoms with Crippen LogP contribution >= 0.6 is 0 Å². The Kier molecular flexibility index (Phi) is 5.34. The number of sulfonamides is 1. The third-order valence-electron chi connectivity index (χ3n) is 5.31. The number of rotatable bonds is 4.